The van der Waals surface area contributed by atoms with Gasteiger partial charge in [-0.05, 0) is 78.3 Å². The minimum Gasteiger partial charge on any atom is -0.474 e. The maximum atomic E-state index is 13.1. The van der Waals surface area contributed by atoms with E-state index in [2.05, 4.69) is 45.7 Å². The van der Waals surface area contributed by atoms with Crippen LogP contribution in [0.3, 0.4) is 0 Å². The number of piperazine rings is 1. The van der Waals surface area contributed by atoms with Crippen LogP contribution in [0.25, 0.3) is 16.6 Å². The summed E-state index contributed by atoms with van der Waals surface area (Å²) in [5, 5.41) is 1.43. The number of aromatic amines is 1. The van der Waals surface area contributed by atoms with Gasteiger partial charge in [0.25, 0.3) is 0 Å². The van der Waals surface area contributed by atoms with Gasteiger partial charge in [0, 0.05) is 55.0 Å². The molecule has 1 aliphatic carbocycles. The fourth-order valence-corrected chi connectivity index (χ4v) is 6.76. The van der Waals surface area contributed by atoms with E-state index in [1.54, 1.807) is 30.5 Å². The summed E-state index contributed by atoms with van der Waals surface area (Å²) in [6.07, 6.45) is 4.93. The number of rotatable bonds is 6. The van der Waals surface area contributed by atoms with E-state index < -0.39 is 19.0 Å². The van der Waals surface area contributed by atoms with Crippen LogP contribution in [-0.2, 0) is 4.74 Å². The molecule has 0 amide bonds. The second-order valence-corrected chi connectivity index (χ2v) is 13.2. The topological polar surface area (TPSA) is 73.9 Å². The summed E-state index contributed by atoms with van der Waals surface area (Å²) in [5.41, 5.74) is 6.14. The summed E-state index contributed by atoms with van der Waals surface area (Å²) >= 11 is 6.21. The van der Waals surface area contributed by atoms with E-state index in [4.69, 9.17) is 26.6 Å². The summed E-state index contributed by atoms with van der Waals surface area (Å²) in [6.45, 7) is 3.17. The van der Waals surface area contributed by atoms with Crippen molar-refractivity contribution in [3.05, 3.63) is 82.5 Å². The lowest BCUT2D eigenvalue weighted by Gasteiger charge is -2.39. The number of fused-ring (bicyclic) bond motifs is 2. The first kappa shape index (κ1) is 25.2. The molecular formula is C36H40ClN5O3. The zero-order chi connectivity index (χ0) is 34.7. The summed E-state index contributed by atoms with van der Waals surface area (Å²) in [6, 6.07) is 16.9. The first-order valence-electron chi connectivity index (χ1n) is 17.4. The number of halogens is 1. The molecule has 0 atom stereocenters. The van der Waals surface area contributed by atoms with Gasteiger partial charge in [-0.2, -0.15) is 4.98 Å². The number of nitrogens with one attached hydrogen (secondary N) is 1. The molecule has 1 saturated heterocycles. The summed E-state index contributed by atoms with van der Waals surface area (Å²) in [4.78, 5) is 26.4. The van der Waals surface area contributed by atoms with Gasteiger partial charge in [-0.25, -0.2) is 4.79 Å². The lowest BCUT2D eigenvalue weighted by molar-refractivity contribution is 0.0601. The maximum Gasteiger partial charge on any atom is 0.339 e. The number of nitrogens with zero attached hydrogens (tertiary/aromatic N) is 4. The number of benzene rings is 2. The standard InChI is InChI=1S/C36H40ClN5O3/c1-36(2)12-10-26(30(22-36)24-4-6-27(37)7-5-24)23-40-14-16-41(17-15-40)28-8-9-29(35(43)44-3)31(21-28)42-18-19-45-34-32(42)20-25-11-13-38-33(25)39-34/h4-9,11,13,20-21H,10,12,14-19,22-23H2,1-3H3,(H,38,39)/i18D2,19D2. The van der Waals surface area contributed by atoms with Crippen LogP contribution >= 0.6 is 11.6 Å². The molecule has 0 unspecified atom stereocenters. The van der Waals surface area contributed by atoms with E-state index in [0.29, 0.717) is 11.0 Å². The highest BCUT2D eigenvalue weighted by Crippen LogP contribution is 2.44. The zero-order valence-corrected chi connectivity index (χ0v) is 26.6. The Morgan fingerprint density at radius 2 is 1.89 bits per heavy atom. The highest BCUT2D eigenvalue weighted by Gasteiger charge is 2.30. The number of anilines is 3. The van der Waals surface area contributed by atoms with Crippen LogP contribution < -0.4 is 14.5 Å². The van der Waals surface area contributed by atoms with Crippen LogP contribution in [0.15, 0.2) is 66.4 Å². The Balaban J connectivity index is 1.18. The molecule has 3 aliphatic rings. The highest BCUT2D eigenvalue weighted by atomic mass is 35.5. The van der Waals surface area contributed by atoms with Gasteiger partial charge in [0.15, 0.2) is 0 Å². The fourth-order valence-electron chi connectivity index (χ4n) is 6.64. The second kappa shape index (κ2) is 12.1. The third-order valence-corrected chi connectivity index (χ3v) is 9.44. The molecule has 9 heteroatoms. The Hall–Kier alpha value is -4.01. The highest BCUT2D eigenvalue weighted by molar-refractivity contribution is 6.30. The molecule has 0 bridgehead atoms. The van der Waals surface area contributed by atoms with Gasteiger partial charge in [-0.3, -0.25) is 4.90 Å². The van der Waals surface area contributed by atoms with Crippen LogP contribution in [0.5, 0.6) is 5.88 Å². The monoisotopic (exact) mass is 629 g/mol. The number of hydrogen-bond acceptors (Lipinski definition) is 7. The SMILES string of the molecule is [2H]C1([2H])Oc2nc3[nH]ccc3cc2N(c2cc(N3CCN(CC4=C(c5ccc(Cl)cc5)CC(C)(C)CC4)CC3)ccc2C(=O)OC)C1([2H])[2H]. The number of hydrogen-bond donors (Lipinski definition) is 1. The smallest absolute Gasteiger partial charge is 0.339 e. The molecular weight excluding hydrogens is 586 g/mol. The second-order valence-electron chi connectivity index (χ2n) is 12.8. The van der Waals surface area contributed by atoms with Crippen molar-refractivity contribution in [1.82, 2.24) is 14.9 Å². The van der Waals surface area contributed by atoms with E-state index in [9.17, 15) is 4.79 Å². The molecule has 0 radical (unpaired) electrons. The molecule has 2 aromatic carbocycles. The van der Waals surface area contributed by atoms with Gasteiger partial charge in [-0.1, -0.05) is 43.2 Å². The van der Waals surface area contributed by atoms with Crippen LogP contribution in [-0.4, -0.2) is 73.7 Å². The number of ether oxygens (including phenoxy) is 2. The average Bonchev–Trinajstić information content (AvgIpc) is 3.52. The van der Waals surface area contributed by atoms with Crippen molar-refractivity contribution in [3.8, 4) is 5.88 Å². The van der Waals surface area contributed by atoms with Gasteiger partial charge < -0.3 is 24.3 Å². The van der Waals surface area contributed by atoms with E-state index >= 15 is 0 Å². The van der Waals surface area contributed by atoms with Crippen molar-refractivity contribution in [1.29, 1.82) is 0 Å². The van der Waals surface area contributed by atoms with Gasteiger partial charge >= 0.3 is 5.97 Å². The molecule has 45 heavy (non-hydrogen) atoms. The van der Waals surface area contributed by atoms with Gasteiger partial charge in [0.2, 0.25) is 5.88 Å². The normalized spacial score (nSPS) is 22.1. The number of H-pyrrole nitrogens is 1. The van der Waals surface area contributed by atoms with Gasteiger partial charge in [-0.15, -0.1) is 0 Å². The Kier molecular flexibility index (Phi) is 6.76. The first-order valence-corrected chi connectivity index (χ1v) is 15.8. The molecule has 0 saturated carbocycles. The minimum atomic E-state index is -2.80. The van der Waals surface area contributed by atoms with Crippen LogP contribution in [0.1, 0.15) is 54.5 Å². The summed E-state index contributed by atoms with van der Waals surface area (Å²) < 4.78 is 45.6. The largest absolute Gasteiger partial charge is 0.474 e. The Morgan fingerprint density at radius 1 is 1.09 bits per heavy atom. The van der Waals surface area contributed by atoms with Crippen LogP contribution in [0, 0.1) is 5.41 Å². The Bertz CT molecular complexity index is 1940. The molecule has 2 aliphatic heterocycles. The third kappa shape index (κ3) is 6.01. The lowest BCUT2D eigenvalue weighted by atomic mass is 9.72. The van der Waals surface area contributed by atoms with Crippen LogP contribution in [0.4, 0.5) is 17.1 Å². The maximum absolute atomic E-state index is 13.1. The third-order valence-electron chi connectivity index (χ3n) is 9.18. The molecule has 2 aromatic heterocycles. The van der Waals surface area contributed by atoms with E-state index in [-0.39, 0.29) is 28.2 Å². The van der Waals surface area contributed by atoms with E-state index in [0.717, 1.165) is 62.7 Å². The molecule has 1 N–H and O–H groups in total. The molecule has 1 fully saturated rings. The Morgan fingerprint density at radius 3 is 2.67 bits per heavy atom. The number of carbonyl (C=O) groups is 1. The molecule has 7 rings (SSSR count). The van der Waals surface area contributed by atoms with Gasteiger partial charge in [0.1, 0.15) is 17.9 Å². The fraction of sp³-hybridized carbons (Fsp3) is 0.389. The average molecular weight is 630 g/mol. The zero-order valence-electron chi connectivity index (χ0n) is 29.8. The predicted molar refractivity (Wildman–Crippen MR) is 181 cm³/mol. The molecule has 4 heterocycles. The van der Waals surface area contributed by atoms with Gasteiger partial charge in [0.05, 0.1) is 30.3 Å². The van der Waals surface area contributed by atoms with Crippen LogP contribution in [0.2, 0.25) is 5.02 Å². The minimum absolute atomic E-state index is 0.0803. The number of aromatic nitrogens is 2. The quantitative estimate of drug-likeness (QED) is 0.224. The van der Waals surface area contributed by atoms with Crippen molar-refractivity contribution in [2.75, 3.05) is 62.7 Å². The number of methoxy groups -OCH3 is 1. The van der Waals surface area contributed by atoms with Crippen molar-refractivity contribution < 1.29 is 19.8 Å². The predicted octanol–water partition coefficient (Wildman–Crippen LogP) is 7.32. The number of pyridine rings is 1. The molecule has 0 spiro atoms. The van der Waals surface area contributed by atoms with Crippen molar-refractivity contribution >= 4 is 51.2 Å². The summed E-state index contributed by atoms with van der Waals surface area (Å²) in [5.74, 6) is -0.741. The van der Waals surface area contributed by atoms with Crippen molar-refractivity contribution in [2.24, 2.45) is 5.41 Å². The van der Waals surface area contributed by atoms with Crippen molar-refractivity contribution in [2.45, 2.75) is 33.1 Å². The summed E-state index contributed by atoms with van der Waals surface area (Å²) in [7, 11) is 1.27. The number of esters is 1. The van der Waals surface area contributed by atoms with E-state index in [1.807, 2.05) is 18.2 Å². The first-order chi connectivity index (χ1) is 23.3. The number of carbonyl (C=O) groups excluding carboxylic acids is 1. The lowest BCUT2D eigenvalue weighted by Crippen LogP contribution is -2.47. The van der Waals surface area contributed by atoms with E-state index in [1.165, 1.54) is 28.7 Å². The molecule has 8 nitrogen and oxygen atoms in total. The van der Waals surface area contributed by atoms with Crippen molar-refractivity contribution in [3.63, 3.8) is 0 Å². The molecule has 4 aromatic rings. The number of allylic oxidation sites excluding steroid dienone is 1. The Labute approximate surface area is 275 Å². The molecule has 234 valence electrons.